The van der Waals surface area contributed by atoms with E-state index in [1.807, 2.05) is 27.7 Å². The number of carbonyl (C=O) groups is 2. The van der Waals surface area contributed by atoms with Gasteiger partial charge in [-0.1, -0.05) is 0 Å². The molecule has 1 unspecified atom stereocenters. The highest BCUT2D eigenvalue weighted by molar-refractivity contribution is 5.88. The maximum atomic E-state index is 12.2. The average molecular weight is 301 g/mol. The smallest absolute Gasteiger partial charge is 0.412 e. The van der Waals surface area contributed by atoms with Gasteiger partial charge in [0.25, 0.3) is 0 Å². The van der Waals surface area contributed by atoms with Crippen molar-refractivity contribution < 1.29 is 23.8 Å². The van der Waals surface area contributed by atoms with Crippen LogP contribution in [-0.4, -0.2) is 55.0 Å². The van der Waals surface area contributed by atoms with E-state index in [9.17, 15) is 9.59 Å². The molecule has 0 spiro atoms. The van der Waals surface area contributed by atoms with Crippen molar-refractivity contribution in [1.82, 2.24) is 4.90 Å². The van der Waals surface area contributed by atoms with Gasteiger partial charge in [-0.25, -0.2) is 4.79 Å². The van der Waals surface area contributed by atoms with Crippen LogP contribution in [0, 0.1) is 0 Å². The molecule has 0 aromatic carbocycles. The SMILES string of the molecule is CC(C)OCCC(=O)C1CCCN1C(=O)OCOC(C)C. The van der Waals surface area contributed by atoms with Crippen LogP contribution < -0.4 is 0 Å². The van der Waals surface area contributed by atoms with E-state index < -0.39 is 6.09 Å². The van der Waals surface area contributed by atoms with E-state index in [-0.39, 0.29) is 30.8 Å². The van der Waals surface area contributed by atoms with Crippen LogP contribution in [0.15, 0.2) is 0 Å². The Hall–Kier alpha value is -1.14. The lowest BCUT2D eigenvalue weighted by atomic mass is 10.1. The number of nitrogens with zero attached hydrogens (tertiary/aromatic N) is 1. The third-order valence-corrected chi connectivity index (χ3v) is 3.24. The first kappa shape index (κ1) is 17.9. The summed E-state index contributed by atoms with van der Waals surface area (Å²) in [5.74, 6) is 0.0369. The summed E-state index contributed by atoms with van der Waals surface area (Å²) in [6.07, 6.45) is 1.48. The molecule has 1 aliphatic rings. The Kier molecular flexibility index (Phi) is 7.67. The molecule has 6 nitrogen and oxygen atoms in total. The number of ketones is 1. The Morgan fingerprint density at radius 3 is 2.43 bits per heavy atom. The molecule has 0 aromatic heterocycles. The van der Waals surface area contributed by atoms with Crippen LogP contribution in [0.25, 0.3) is 0 Å². The van der Waals surface area contributed by atoms with Crippen LogP contribution in [0.5, 0.6) is 0 Å². The predicted molar refractivity (Wildman–Crippen MR) is 78.0 cm³/mol. The predicted octanol–water partition coefficient (Wildman–Crippen LogP) is 2.35. The largest absolute Gasteiger partial charge is 0.422 e. The monoisotopic (exact) mass is 301 g/mol. The lowest BCUT2D eigenvalue weighted by Gasteiger charge is -2.23. The number of Topliss-reactive ketones (excluding diaryl/α,β-unsaturated/α-hetero) is 1. The number of carbonyl (C=O) groups excluding carboxylic acids is 2. The maximum absolute atomic E-state index is 12.2. The zero-order valence-corrected chi connectivity index (χ0v) is 13.5. The summed E-state index contributed by atoms with van der Waals surface area (Å²) in [5, 5.41) is 0. The minimum atomic E-state index is -0.476. The van der Waals surface area contributed by atoms with E-state index >= 15 is 0 Å². The molecule has 1 aliphatic heterocycles. The van der Waals surface area contributed by atoms with Crippen molar-refractivity contribution in [3.8, 4) is 0 Å². The van der Waals surface area contributed by atoms with E-state index in [1.54, 1.807) is 0 Å². The van der Waals surface area contributed by atoms with E-state index in [2.05, 4.69) is 0 Å². The molecule has 1 saturated heterocycles. The van der Waals surface area contributed by atoms with Crippen LogP contribution in [0.1, 0.15) is 47.0 Å². The first-order chi connectivity index (χ1) is 9.91. The van der Waals surface area contributed by atoms with Gasteiger partial charge in [-0.2, -0.15) is 0 Å². The second kappa shape index (κ2) is 9.00. The molecule has 0 saturated carbocycles. The molecular weight excluding hydrogens is 274 g/mol. The van der Waals surface area contributed by atoms with Crippen molar-refractivity contribution in [3.63, 3.8) is 0 Å². The highest BCUT2D eigenvalue weighted by Crippen LogP contribution is 2.20. The van der Waals surface area contributed by atoms with Crippen molar-refractivity contribution in [2.75, 3.05) is 19.9 Å². The first-order valence-electron chi connectivity index (χ1n) is 7.61. The third-order valence-electron chi connectivity index (χ3n) is 3.24. The van der Waals surface area contributed by atoms with Gasteiger partial charge in [0.05, 0.1) is 24.9 Å². The third kappa shape index (κ3) is 6.44. The Morgan fingerprint density at radius 2 is 1.81 bits per heavy atom. The van der Waals surface area contributed by atoms with E-state index in [0.717, 1.165) is 6.42 Å². The van der Waals surface area contributed by atoms with Crippen molar-refractivity contribution in [2.24, 2.45) is 0 Å². The Bertz CT molecular complexity index is 311. The zero-order valence-electron chi connectivity index (χ0n) is 13.5. The molecule has 0 radical (unpaired) electrons. The maximum Gasteiger partial charge on any atom is 0.412 e. The quantitative estimate of drug-likeness (QED) is 0.644. The van der Waals surface area contributed by atoms with E-state index in [4.69, 9.17) is 14.2 Å². The molecule has 1 fully saturated rings. The zero-order chi connectivity index (χ0) is 15.8. The van der Waals surface area contributed by atoms with Gasteiger partial charge < -0.3 is 14.2 Å². The van der Waals surface area contributed by atoms with Gasteiger partial charge in [-0.05, 0) is 40.5 Å². The van der Waals surface area contributed by atoms with Crippen molar-refractivity contribution >= 4 is 11.9 Å². The normalized spacial score (nSPS) is 18.6. The van der Waals surface area contributed by atoms with Gasteiger partial charge in [0.1, 0.15) is 0 Å². The molecule has 6 heteroatoms. The average Bonchev–Trinajstić information content (AvgIpc) is 2.86. The number of hydrogen-bond donors (Lipinski definition) is 0. The molecule has 1 amide bonds. The van der Waals surface area contributed by atoms with Gasteiger partial charge in [-0.3, -0.25) is 9.69 Å². The Balaban J connectivity index is 2.39. The minimum absolute atomic E-state index is 0.00184. The fourth-order valence-corrected chi connectivity index (χ4v) is 2.19. The fourth-order valence-electron chi connectivity index (χ4n) is 2.19. The Labute approximate surface area is 126 Å². The summed E-state index contributed by atoms with van der Waals surface area (Å²) in [5.41, 5.74) is 0. The topological polar surface area (TPSA) is 65.1 Å². The number of ether oxygens (including phenoxy) is 3. The molecule has 0 aliphatic carbocycles. The van der Waals surface area contributed by atoms with Crippen LogP contribution in [0.4, 0.5) is 4.79 Å². The summed E-state index contributed by atoms with van der Waals surface area (Å²) in [6.45, 7) is 8.46. The van der Waals surface area contributed by atoms with Gasteiger partial charge in [0.15, 0.2) is 12.6 Å². The lowest BCUT2D eigenvalue weighted by molar-refractivity contribution is -0.125. The molecule has 0 aromatic rings. The van der Waals surface area contributed by atoms with Crippen LogP contribution in [0.3, 0.4) is 0 Å². The van der Waals surface area contributed by atoms with Crippen LogP contribution in [-0.2, 0) is 19.0 Å². The highest BCUT2D eigenvalue weighted by Gasteiger charge is 2.34. The molecule has 122 valence electrons. The molecular formula is C15H27NO5. The van der Waals surface area contributed by atoms with Gasteiger partial charge in [0, 0.05) is 13.0 Å². The summed E-state index contributed by atoms with van der Waals surface area (Å²) in [6, 6.07) is -0.382. The first-order valence-corrected chi connectivity index (χ1v) is 7.61. The van der Waals surface area contributed by atoms with Crippen molar-refractivity contribution in [2.45, 2.75) is 65.2 Å². The summed E-state index contributed by atoms with van der Waals surface area (Å²) >= 11 is 0. The van der Waals surface area contributed by atoms with Crippen LogP contribution >= 0.6 is 0 Å². The van der Waals surface area contributed by atoms with E-state index in [0.29, 0.717) is 26.0 Å². The van der Waals surface area contributed by atoms with Crippen LogP contribution in [0.2, 0.25) is 0 Å². The number of rotatable bonds is 8. The minimum Gasteiger partial charge on any atom is -0.422 e. The molecule has 0 bridgehead atoms. The van der Waals surface area contributed by atoms with Gasteiger partial charge in [0.2, 0.25) is 0 Å². The highest BCUT2D eigenvalue weighted by atomic mass is 16.7. The number of hydrogen-bond acceptors (Lipinski definition) is 5. The second-order valence-electron chi connectivity index (χ2n) is 5.73. The summed E-state index contributed by atoms with van der Waals surface area (Å²) in [7, 11) is 0. The van der Waals surface area contributed by atoms with Gasteiger partial charge >= 0.3 is 6.09 Å². The summed E-state index contributed by atoms with van der Waals surface area (Å²) in [4.78, 5) is 25.6. The fraction of sp³-hybridized carbons (Fsp3) is 0.867. The molecule has 1 rings (SSSR count). The summed E-state index contributed by atoms with van der Waals surface area (Å²) < 4.78 is 15.6. The van der Waals surface area contributed by atoms with Gasteiger partial charge in [-0.15, -0.1) is 0 Å². The van der Waals surface area contributed by atoms with Crippen molar-refractivity contribution in [1.29, 1.82) is 0 Å². The van der Waals surface area contributed by atoms with Crippen molar-refractivity contribution in [3.05, 3.63) is 0 Å². The van der Waals surface area contributed by atoms with E-state index in [1.165, 1.54) is 4.90 Å². The number of likely N-dealkylation sites (tertiary alicyclic amines) is 1. The number of amides is 1. The second-order valence-corrected chi connectivity index (χ2v) is 5.73. The molecule has 21 heavy (non-hydrogen) atoms. The molecule has 1 atom stereocenters. The lowest BCUT2D eigenvalue weighted by Crippen LogP contribution is -2.41. The standard InChI is InChI=1S/C15H27NO5/c1-11(2)19-9-7-14(17)13-6-5-8-16(13)15(18)21-10-20-12(3)4/h11-13H,5-10H2,1-4H3. The molecule has 1 heterocycles. The Morgan fingerprint density at radius 1 is 1.14 bits per heavy atom. The molecule has 0 N–H and O–H groups in total.